The van der Waals surface area contributed by atoms with E-state index in [9.17, 15) is 14.5 Å². The number of thiazole rings is 1. The Morgan fingerprint density at radius 3 is 2.79 bits per heavy atom. The lowest BCUT2D eigenvalue weighted by Crippen LogP contribution is -2.44. The number of anilines is 1. The fourth-order valence-electron chi connectivity index (χ4n) is 3.12. The Kier molecular flexibility index (Phi) is 5.01. The highest BCUT2D eigenvalue weighted by molar-refractivity contribution is 7.22. The van der Waals surface area contributed by atoms with Crippen LogP contribution >= 0.6 is 11.3 Å². The Labute approximate surface area is 164 Å². The molecule has 1 saturated heterocycles. The molecule has 0 aliphatic carbocycles. The number of nitro groups is 1. The van der Waals surface area contributed by atoms with E-state index in [1.54, 1.807) is 12.1 Å². The van der Waals surface area contributed by atoms with Crippen molar-refractivity contribution in [1.29, 1.82) is 0 Å². The molecule has 9 heteroatoms. The Hall–Kier alpha value is -2.91. The third kappa shape index (κ3) is 3.85. The summed E-state index contributed by atoms with van der Waals surface area (Å²) in [7, 11) is 2.06. The van der Waals surface area contributed by atoms with Crippen LogP contribution in [0.4, 0.5) is 20.9 Å². The van der Waals surface area contributed by atoms with E-state index >= 15 is 0 Å². The molecule has 1 aliphatic heterocycles. The average molecular weight is 399 g/mol. The molecule has 0 atom stereocenters. The van der Waals surface area contributed by atoms with Gasteiger partial charge in [-0.2, -0.15) is 0 Å². The van der Waals surface area contributed by atoms with Crippen LogP contribution in [-0.2, 0) is 0 Å². The molecule has 0 bridgehead atoms. The van der Waals surface area contributed by atoms with Gasteiger partial charge in [0.1, 0.15) is 5.82 Å². The summed E-state index contributed by atoms with van der Waals surface area (Å²) in [6, 6.07) is 9.50. The first-order chi connectivity index (χ1) is 13.5. The zero-order chi connectivity index (χ0) is 19.7. The van der Waals surface area contributed by atoms with Crippen molar-refractivity contribution in [3.05, 3.63) is 57.9 Å². The monoisotopic (exact) mass is 399 g/mol. The number of nitrogens with zero attached hydrogens (tertiary/aromatic N) is 5. The first kappa shape index (κ1) is 18.5. The summed E-state index contributed by atoms with van der Waals surface area (Å²) in [6.45, 7) is 3.38. The molecule has 7 nitrogen and oxygen atoms in total. The van der Waals surface area contributed by atoms with Crippen LogP contribution in [0.25, 0.3) is 10.2 Å². The first-order valence-corrected chi connectivity index (χ1v) is 9.63. The lowest BCUT2D eigenvalue weighted by molar-refractivity contribution is -0.384. The molecule has 1 aromatic heterocycles. The van der Waals surface area contributed by atoms with Crippen LogP contribution in [0.2, 0.25) is 0 Å². The minimum Gasteiger partial charge on any atom is -0.367 e. The number of halogens is 1. The van der Waals surface area contributed by atoms with Crippen LogP contribution in [-0.4, -0.2) is 54.2 Å². The minimum absolute atomic E-state index is 0.00661. The fraction of sp³-hybridized carbons (Fsp3) is 0.263. The summed E-state index contributed by atoms with van der Waals surface area (Å²) in [5, 5.41) is 11.3. The van der Waals surface area contributed by atoms with Crippen molar-refractivity contribution in [2.24, 2.45) is 4.99 Å². The molecule has 0 amide bonds. The SMILES string of the molecule is CN1CCN(c2cc3sc(/N=C/c4cccc([N+](=O)[O-])c4)nc3cc2F)CC1. The summed E-state index contributed by atoms with van der Waals surface area (Å²) in [4.78, 5) is 23.4. The first-order valence-electron chi connectivity index (χ1n) is 8.82. The Balaban J connectivity index is 1.59. The van der Waals surface area contributed by atoms with Crippen molar-refractivity contribution >= 4 is 44.3 Å². The van der Waals surface area contributed by atoms with Gasteiger partial charge in [-0.3, -0.25) is 10.1 Å². The molecule has 0 N–H and O–H groups in total. The number of aliphatic imine (C=N–C) groups is 1. The standard InChI is InChI=1S/C19H18FN5O2S/c1-23-5-7-24(8-6-23)17-11-18-16(10-15(17)20)22-19(28-18)21-12-13-3-2-4-14(9-13)25(26)27/h2-4,9-12H,5-8H2,1H3/b21-12+. The van der Waals surface area contributed by atoms with Crippen LogP contribution < -0.4 is 4.90 Å². The minimum atomic E-state index is -0.447. The van der Waals surface area contributed by atoms with E-state index in [0.717, 1.165) is 30.9 Å². The smallest absolute Gasteiger partial charge is 0.270 e. The van der Waals surface area contributed by atoms with E-state index < -0.39 is 4.92 Å². The quantitative estimate of drug-likeness (QED) is 0.378. The van der Waals surface area contributed by atoms with Crippen molar-refractivity contribution in [1.82, 2.24) is 9.88 Å². The van der Waals surface area contributed by atoms with Crippen LogP contribution in [0.1, 0.15) is 5.56 Å². The summed E-state index contributed by atoms with van der Waals surface area (Å²) in [6.07, 6.45) is 1.53. The summed E-state index contributed by atoms with van der Waals surface area (Å²) in [5.74, 6) is -0.281. The van der Waals surface area contributed by atoms with Crippen molar-refractivity contribution in [2.75, 3.05) is 38.1 Å². The lowest BCUT2D eigenvalue weighted by Gasteiger charge is -2.34. The zero-order valence-electron chi connectivity index (χ0n) is 15.2. The van der Waals surface area contributed by atoms with E-state index in [1.165, 1.54) is 35.8 Å². The van der Waals surface area contributed by atoms with E-state index in [2.05, 4.69) is 26.8 Å². The predicted octanol–water partition coefficient (Wildman–Crippen LogP) is 3.85. The number of benzene rings is 2. The number of nitro benzene ring substituents is 1. The molecule has 28 heavy (non-hydrogen) atoms. The number of aromatic nitrogens is 1. The van der Waals surface area contributed by atoms with Crippen molar-refractivity contribution < 1.29 is 9.31 Å². The normalized spacial score (nSPS) is 15.6. The van der Waals surface area contributed by atoms with Crippen molar-refractivity contribution in [2.45, 2.75) is 0 Å². The number of rotatable bonds is 4. The van der Waals surface area contributed by atoms with Gasteiger partial charge < -0.3 is 9.80 Å². The second-order valence-electron chi connectivity index (χ2n) is 6.67. The van der Waals surface area contributed by atoms with Crippen molar-refractivity contribution in [3.63, 3.8) is 0 Å². The Bertz CT molecular complexity index is 1060. The van der Waals surface area contributed by atoms with Gasteiger partial charge in [-0.05, 0) is 18.7 Å². The van der Waals surface area contributed by atoms with Gasteiger partial charge in [0.15, 0.2) is 0 Å². The van der Waals surface area contributed by atoms with E-state index in [1.807, 2.05) is 6.07 Å². The maximum absolute atomic E-state index is 14.6. The summed E-state index contributed by atoms with van der Waals surface area (Å²) >= 11 is 1.37. The molecule has 144 valence electrons. The topological polar surface area (TPSA) is 74.9 Å². The molecule has 0 unspecified atom stereocenters. The van der Waals surface area contributed by atoms with Gasteiger partial charge in [-0.25, -0.2) is 14.4 Å². The van der Waals surface area contributed by atoms with Crippen LogP contribution in [0.3, 0.4) is 0 Å². The molecule has 3 aromatic rings. The number of hydrogen-bond acceptors (Lipinski definition) is 7. The van der Waals surface area contributed by atoms with Crippen LogP contribution in [0.15, 0.2) is 41.4 Å². The number of fused-ring (bicyclic) bond motifs is 1. The molecule has 0 saturated carbocycles. The predicted molar refractivity (Wildman–Crippen MR) is 110 cm³/mol. The zero-order valence-corrected chi connectivity index (χ0v) is 16.0. The number of likely N-dealkylation sites (N-methyl/N-ethyl adjacent to an activating group) is 1. The number of piperazine rings is 1. The Morgan fingerprint density at radius 2 is 2.04 bits per heavy atom. The van der Waals surface area contributed by atoms with Gasteiger partial charge in [-0.1, -0.05) is 23.5 Å². The summed E-state index contributed by atoms with van der Waals surface area (Å²) in [5.41, 5.74) is 1.77. The second-order valence-corrected chi connectivity index (χ2v) is 7.68. The van der Waals surface area contributed by atoms with Crippen LogP contribution in [0, 0.1) is 15.9 Å². The summed E-state index contributed by atoms with van der Waals surface area (Å²) < 4.78 is 15.5. The van der Waals surface area contributed by atoms with Crippen molar-refractivity contribution in [3.8, 4) is 0 Å². The molecule has 0 spiro atoms. The largest absolute Gasteiger partial charge is 0.367 e. The molecule has 2 heterocycles. The molecule has 1 fully saturated rings. The maximum atomic E-state index is 14.6. The molecule has 0 radical (unpaired) electrons. The number of non-ortho nitro benzene ring substituents is 1. The van der Waals surface area contributed by atoms with E-state index in [4.69, 9.17) is 0 Å². The molecule has 1 aliphatic rings. The third-order valence-electron chi connectivity index (χ3n) is 4.69. The van der Waals surface area contributed by atoms with E-state index in [-0.39, 0.29) is 11.5 Å². The van der Waals surface area contributed by atoms with E-state index in [0.29, 0.717) is 21.9 Å². The molecular weight excluding hydrogens is 381 g/mol. The average Bonchev–Trinajstić information content (AvgIpc) is 3.08. The van der Waals surface area contributed by atoms with Crippen LogP contribution in [0.5, 0.6) is 0 Å². The van der Waals surface area contributed by atoms with Gasteiger partial charge in [0.2, 0.25) is 5.13 Å². The number of hydrogen-bond donors (Lipinski definition) is 0. The fourth-order valence-corrected chi connectivity index (χ4v) is 3.94. The third-order valence-corrected chi connectivity index (χ3v) is 5.62. The van der Waals surface area contributed by atoms with Gasteiger partial charge in [-0.15, -0.1) is 0 Å². The highest BCUT2D eigenvalue weighted by Crippen LogP contribution is 2.33. The highest BCUT2D eigenvalue weighted by atomic mass is 32.1. The highest BCUT2D eigenvalue weighted by Gasteiger charge is 2.19. The lowest BCUT2D eigenvalue weighted by atomic mass is 10.2. The maximum Gasteiger partial charge on any atom is 0.270 e. The second kappa shape index (κ2) is 7.61. The van der Waals surface area contributed by atoms with Gasteiger partial charge in [0.05, 0.1) is 20.8 Å². The molecule has 4 rings (SSSR count). The molecular formula is C19H18FN5O2S. The molecule has 2 aromatic carbocycles. The Morgan fingerprint density at radius 1 is 1.25 bits per heavy atom. The van der Waals surface area contributed by atoms with Gasteiger partial charge >= 0.3 is 0 Å². The van der Waals surface area contributed by atoms with Gasteiger partial charge in [0, 0.05) is 50.6 Å². The van der Waals surface area contributed by atoms with Gasteiger partial charge in [0.25, 0.3) is 5.69 Å².